The summed E-state index contributed by atoms with van der Waals surface area (Å²) in [7, 11) is -1.66. The molecule has 0 heterocycles. The lowest BCUT2D eigenvalue weighted by Gasteiger charge is -2.27. The van der Waals surface area contributed by atoms with Crippen LogP contribution in [0.5, 0.6) is 0 Å². The highest BCUT2D eigenvalue weighted by atomic mass is 32.2. The van der Waals surface area contributed by atoms with Gasteiger partial charge in [-0.25, -0.2) is 13.1 Å². The quantitative estimate of drug-likeness (QED) is 0.657. The lowest BCUT2D eigenvalue weighted by atomic mass is 9.87. The molecule has 1 saturated carbocycles. The second-order valence-electron chi connectivity index (χ2n) is 4.63. The van der Waals surface area contributed by atoms with Crippen LogP contribution in [0.25, 0.3) is 0 Å². The molecule has 0 aromatic rings. The minimum atomic E-state index is -3.22. The van der Waals surface area contributed by atoms with Crippen molar-refractivity contribution in [1.82, 2.24) is 4.72 Å². The third-order valence-electron chi connectivity index (χ3n) is 3.20. The zero-order valence-electron chi connectivity index (χ0n) is 10.4. The van der Waals surface area contributed by atoms with Crippen molar-refractivity contribution in [3.8, 4) is 0 Å². The number of aliphatic hydroxyl groups is 1. The molecule has 2 unspecified atom stereocenters. The molecule has 1 aliphatic carbocycles. The highest BCUT2D eigenvalue weighted by Gasteiger charge is 2.24. The van der Waals surface area contributed by atoms with E-state index in [0.717, 1.165) is 25.7 Å². The van der Waals surface area contributed by atoms with Crippen LogP contribution in [-0.4, -0.2) is 45.6 Å². The van der Waals surface area contributed by atoms with Crippen LogP contribution in [0.15, 0.2) is 0 Å². The van der Waals surface area contributed by atoms with Crippen molar-refractivity contribution in [2.75, 3.05) is 26.0 Å². The number of ether oxygens (including phenoxy) is 1. The van der Waals surface area contributed by atoms with E-state index in [1.165, 1.54) is 0 Å². The molecule has 0 aromatic heterocycles. The topological polar surface area (TPSA) is 75.6 Å². The first-order valence-electron chi connectivity index (χ1n) is 6.19. The van der Waals surface area contributed by atoms with Crippen molar-refractivity contribution in [3.05, 3.63) is 0 Å². The van der Waals surface area contributed by atoms with Gasteiger partial charge in [-0.1, -0.05) is 12.8 Å². The molecule has 102 valence electrons. The maximum absolute atomic E-state index is 11.6. The van der Waals surface area contributed by atoms with Crippen LogP contribution in [-0.2, 0) is 14.8 Å². The number of methoxy groups -OCH3 is 1. The minimum Gasteiger partial charge on any atom is -0.393 e. The van der Waals surface area contributed by atoms with Gasteiger partial charge in [-0.05, 0) is 25.2 Å². The van der Waals surface area contributed by atoms with Gasteiger partial charge < -0.3 is 9.84 Å². The smallest absolute Gasteiger partial charge is 0.211 e. The maximum atomic E-state index is 11.6. The maximum Gasteiger partial charge on any atom is 0.211 e. The van der Waals surface area contributed by atoms with Crippen molar-refractivity contribution in [2.45, 2.75) is 38.2 Å². The number of nitrogens with one attached hydrogen (secondary N) is 1. The van der Waals surface area contributed by atoms with E-state index in [-0.39, 0.29) is 17.8 Å². The van der Waals surface area contributed by atoms with Crippen molar-refractivity contribution in [1.29, 1.82) is 0 Å². The summed E-state index contributed by atoms with van der Waals surface area (Å²) < 4.78 is 30.6. The molecule has 0 aromatic carbocycles. The molecule has 2 N–H and O–H groups in total. The number of hydrogen-bond acceptors (Lipinski definition) is 4. The van der Waals surface area contributed by atoms with Crippen molar-refractivity contribution in [2.24, 2.45) is 5.92 Å². The zero-order valence-corrected chi connectivity index (χ0v) is 11.2. The van der Waals surface area contributed by atoms with E-state index in [1.807, 2.05) is 0 Å². The average molecular weight is 265 g/mol. The first-order chi connectivity index (χ1) is 8.05. The van der Waals surface area contributed by atoms with E-state index in [0.29, 0.717) is 19.6 Å². The Balaban J connectivity index is 2.28. The normalized spacial score (nSPS) is 26.0. The third kappa shape index (κ3) is 5.81. The van der Waals surface area contributed by atoms with Gasteiger partial charge in [-0.2, -0.15) is 0 Å². The predicted molar refractivity (Wildman–Crippen MR) is 66.2 cm³/mol. The Kier molecular flexibility index (Phi) is 6.40. The van der Waals surface area contributed by atoms with Crippen LogP contribution in [0.1, 0.15) is 32.1 Å². The molecule has 0 amide bonds. The lowest BCUT2D eigenvalue weighted by molar-refractivity contribution is 0.0724. The lowest BCUT2D eigenvalue weighted by Crippen LogP contribution is -2.37. The largest absolute Gasteiger partial charge is 0.393 e. The molecule has 1 fully saturated rings. The number of sulfonamides is 1. The van der Waals surface area contributed by atoms with Gasteiger partial charge in [-0.3, -0.25) is 0 Å². The monoisotopic (exact) mass is 265 g/mol. The Morgan fingerprint density at radius 1 is 1.35 bits per heavy atom. The number of rotatable bonds is 7. The SMILES string of the molecule is COCCCS(=O)(=O)NCC1CCCCC1O. The van der Waals surface area contributed by atoms with Crippen molar-refractivity contribution >= 4 is 10.0 Å². The molecule has 5 nitrogen and oxygen atoms in total. The second-order valence-corrected chi connectivity index (χ2v) is 6.55. The number of hydrogen-bond donors (Lipinski definition) is 2. The fourth-order valence-corrected chi connectivity index (χ4v) is 3.24. The van der Waals surface area contributed by atoms with Crippen LogP contribution in [0.2, 0.25) is 0 Å². The van der Waals surface area contributed by atoms with E-state index >= 15 is 0 Å². The van der Waals surface area contributed by atoms with Gasteiger partial charge in [-0.15, -0.1) is 0 Å². The molecular weight excluding hydrogens is 242 g/mol. The molecule has 0 bridgehead atoms. The van der Waals surface area contributed by atoms with E-state index in [2.05, 4.69) is 4.72 Å². The van der Waals surface area contributed by atoms with Crippen LogP contribution >= 0.6 is 0 Å². The summed E-state index contributed by atoms with van der Waals surface area (Å²) in [4.78, 5) is 0. The number of aliphatic hydroxyl groups excluding tert-OH is 1. The Morgan fingerprint density at radius 2 is 2.06 bits per heavy atom. The molecule has 1 aliphatic rings. The summed E-state index contributed by atoms with van der Waals surface area (Å²) in [5.41, 5.74) is 0. The molecule has 17 heavy (non-hydrogen) atoms. The Hall–Kier alpha value is -0.170. The zero-order chi connectivity index (χ0) is 12.7. The third-order valence-corrected chi connectivity index (χ3v) is 4.63. The Labute approximate surface area is 104 Å². The van der Waals surface area contributed by atoms with Gasteiger partial charge in [0.1, 0.15) is 0 Å². The molecule has 1 rings (SSSR count). The van der Waals surface area contributed by atoms with Gasteiger partial charge in [0, 0.05) is 20.3 Å². The summed E-state index contributed by atoms with van der Waals surface area (Å²) in [6, 6.07) is 0. The van der Waals surface area contributed by atoms with E-state index in [4.69, 9.17) is 4.74 Å². The van der Waals surface area contributed by atoms with Crippen LogP contribution in [0.4, 0.5) is 0 Å². The van der Waals surface area contributed by atoms with Crippen molar-refractivity contribution in [3.63, 3.8) is 0 Å². The van der Waals surface area contributed by atoms with Crippen LogP contribution in [0.3, 0.4) is 0 Å². The summed E-state index contributed by atoms with van der Waals surface area (Å²) in [6.45, 7) is 0.809. The molecule has 2 atom stereocenters. The fourth-order valence-electron chi connectivity index (χ4n) is 2.13. The van der Waals surface area contributed by atoms with Gasteiger partial charge in [0.25, 0.3) is 0 Å². The molecule has 0 saturated heterocycles. The second kappa shape index (κ2) is 7.31. The first kappa shape index (κ1) is 14.9. The van der Waals surface area contributed by atoms with E-state index < -0.39 is 10.0 Å². The molecule has 0 spiro atoms. The fraction of sp³-hybridized carbons (Fsp3) is 1.00. The predicted octanol–water partition coefficient (Wildman–Crippen LogP) is 0.493. The van der Waals surface area contributed by atoms with Crippen LogP contribution < -0.4 is 4.72 Å². The molecular formula is C11H23NO4S. The average Bonchev–Trinajstić information content (AvgIpc) is 2.28. The summed E-state index contributed by atoms with van der Waals surface area (Å²) >= 11 is 0. The van der Waals surface area contributed by atoms with Crippen molar-refractivity contribution < 1.29 is 18.3 Å². The van der Waals surface area contributed by atoms with Gasteiger partial charge in [0.05, 0.1) is 11.9 Å². The van der Waals surface area contributed by atoms with Gasteiger partial charge in [0.15, 0.2) is 0 Å². The van der Waals surface area contributed by atoms with Crippen LogP contribution in [0, 0.1) is 5.92 Å². The molecule has 6 heteroatoms. The summed E-state index contributed by atoms with van der Waals surface area (Å²) in [5, 5.41) is 9.73. The highest BCUT2D eigenvalue weighted by Crippen LogP contribution is 2.23. The first-order valence-corrected chi connectivity index (χ1v) is 7.85. The summed E-state index contributed by atoms with van der Waals surface area (Å²) in [5.74, 6) is 0.157. The van der Waals surface area contributed by atoms with Gasteiger partial charge in [0.2, 0.25) is 10.0 Å². The minimum absolute atomic E-state index is 0.0703. The Morgan fingerprint density at radius 3 is 2.71 bits per heavy atom. The van der Waals surface area contributed by atoms with Gasteiger partial charge >= 0.3 is 0 Å². The van der Waals surface area contributed by atoms with E-state index in [9.17, 15) is 13.5 Å². The molecule has 0 radical (unpaired) electrons. The summed E-state index contributed by atoms with van der Waals surface area (Å²) in [6.07, 6.45) is 3.95. The Bertz CT molecular complexity index is 305. The molecule has 0 aliphatic heterocycles. The van der Waals surface area contributed by atoms with E-state index in [1.54, 1.807) is 7.11 Å². The standard InChI is InChI=1S/C11H23NO4S/c1-16-7-4-8-17(14,15)12-9-10-5-2-3-6-11(10)13/h10-13H,2-9H2,1H3. The highest BCUT2D eigenvalue weighted by molar-refractivity contribution is 7.89.